The van der Waals surface area contributed by atoms with E-state index in [-0.39, 0.29) is 11.8 Å². The summed E-state index contributed by atoms with van der Waals surface area (Å²) in [5.41, 5.74) is 4.98. The molecule has 1 atom stereocenters. The maximum absolute atomic E-state index is 13.4. The van der Waals surface area contributed by atoms with Gasteiger partial charge in [0.15, 0.2) is 0 Å². The Bertz CT molecular complexity index is 1610. The molecule has 1 aliphatic heterocycles. The Morgan fingerprint density at radius 3 is 2.68 bits per heavy atom. The van der Waals surface area contributed by atoms with E-state index in [4.69, 9.17) is 4.42 Å². The van der Waals surface area contributed by atoms with Gasteiger partial charge >= 0.3 is 5.91 Å². The highest BCUT2D eigenvalue weighted by Crippen LogP contribution is 2.35. The van der Waals surface area contributed by atoms with Crippen LogP contribution in [0.25, 0.3) is 10.9 Å². The highest BCUT2D eigenvalue weighted by Gasteiger charge is 2.32. The number of nitrogens with zero attached hydrogens (tertiary/aromatic N) is 5. The molecule has 0 aliphatic carbocycles. The van der Waals surface area contributed by atoms with Gasteiger partial charge in [-0.05, 0) is 23.3 Å². The molecular weight excluding hydrogens is 468 g/mol. The Morgan fingerprint density at radius 2 is 1.89 bits per heavy atom. The molecule has 0 spiro atoms. The summed E-state index contributed by atoms with van der Waals surface area (Å²) >= 11 is 0. The second-order valence-corrected chi connectivity index (χ2v) is 9.40. The predicted molar refractivity (Wildman–Crippen MR) is 138 cm³/mol. The number of amides is 2. The monoisotopic (exact) mass is 494 g/mol. The summed E-state index contributed by atoms with van der Waals surface area (Å²) < 4.78 is 9.66. The van der Waals surface area contributed by atoms with Crippen molar-refractivity contribution in [1.82, 2.24) is 24.6 Å². The van der Waals surface area contributed by atoms with Gasteiger partial charge in [-0.25, -0.2) is 4.98 Å². The van der Waals surface area contributed by atoms with Crippen LogP contribution < -0.4 is 10.2 Å². The Labute approximate surface area is 213 Å². The van der Waals surface area contributed by atoms with Gasteiger partial charge in [0.1, 0.15) is 11.8 Å². The number of likely N-dealkylation sites (N-methyl/N-ethyl adjacent to an activating group) is 1. The zero-order chi connectivity index (χ0) is 25.5. The van der Waals surface area contributed by atoms with Crippen LogP contribution in [-0.4, -0.2) is 44.2 Å². The topological polar surface area (TPSA) is 98.2 Å². The van der Waals surface area contributed by atoms with Crippen LogP contribution in [-0.2, 0) is 31.2 Å². The maximum Gasteiger partial charge on any atom is 0.307 e. The van der Waals surface area contributed by atoms with Crippen molar-refractivity contribution in [1.29, 1.82) is 0 Å². The maximum atomic E-state index is 13.4. The average Bonchev–Trinajstić information content (AvgIpc) is 3.61. The van der Waals surface area contributed by atoms with Crippen LogP contribution in [0.15, 0.2) is 77.7 Å². The first-order valence-corrected chi connectivity index (χ1v) is 12.1. The first-order chi connectivity index (χ1) is 18.0. The van der Waals surface area contributed by atoms with Gasteiger partial charge in [-0.2, -0.15) is 5.10 Å². The molecular formula is C28H26N6O3. The molecule has 3 aromatic heterocycles. The largest absolute Gasteiger partial charge is 0.437 e. The number of hydrogen-bond donors (Lipinski definition) is 1. The minimum Gasteiger partial charge on any atom is -0.437 e. The molecule has 0 bridgehead atoms. The molecule has 5 aromatic rings. The Balaban J connectivity index is 1.26. The van der Waals surface area contributed by atoms with E-state index in [0.29, 0.717) is 25.1 Å². The van der Waals surface area contributed by atoms with Crippen molar-refractivity contribution in [2.24, 2.45) is 7.05 Å². The number of hydrogen-bond acceptors (Lipinski definition) is 5. The van der Waals surface area contributed by atoms with Gasteiger partial charge in [0.05, 0.1) is 30.1 Å². The van der Waals surface area contributed by atoms with Crippen molar-refractivity contribution in [2.45, 2.75) is 25.4 Å². The van der Waals surface area contributed by atoms with E-state index in [9.17, 15) is 9.59 Å². The number of oxazole rings is 1. The number of benzene rings is 2. The summed E-state index contributed by atoms with van der Waals surface area (Å²) in [6.45, 7) is 0.656. The lowest BCUT2D eigenvalue weighted by atomic mass is 10.1. The quantitative estimate of drug-likeness (QED) is 0.391. The molecule has 0 unspecified atom stereocenters. The third-order valence-corrected chi connectivity index (χ3v) is 6.76. The molecule has 9 nitrogen and oxygen atoms in total. The molecule has 186 valence electrons. The molecule has 4 heterocycles. The molecule has 0 saturated carbocycles. The lowest BCUT2D eigenvalue weighted by Gasteiger charge is -2.22. The number of aryl methyl sites for hydroxylation is 1. The zero-order valence-electron chi connectivity index (χ0n) is 20.6. The molecule has 2 amide bonds. The number of rotatable bonds is 6. The number of aromatic nitrogens is 4. The fourth-order valence-corrected chi connectivity index (χ4v) is 5.02. The second-order valence-electron chi connectivity index (χ2n) is 9.40. The highest BCUT2D eigenvalue weighted by atomic mass is 16.4. The zero-order valence-corrected chi connectivity index (χ0v) is 20.6. The molecule has 2 aromatic carbocycles. The number of carbonyl (C=O) groups is 2. The van der Waals surface area contributed by atoms with E-state index in [1.165, 1.54) is 0 Å². The van der Waals surface area contributed by atoms with Gasteiger partial charge in [-0.3, -0.25) is 14.3 Å². The second kappa shape index (κ2) is 9.09. The number of nitrogens with one attached hydrogen (secondary N) is 1. The molecule has 0 fully saturated rings. The summed E-state index contributed by atoms with van der Waals surface area (Å²) in [6.07, 6.45) is 8.35. The van der Waals surface area contributed by atoms with Crippen molar-refractivity contribution in [3.8, 4) is 0 Å². The lowest BCUT2D eigenvalue weighted by molar-refractivity contribution is -0.120. The first kappa shape index (κ1) is 22.8. The molecule has 1 N–H and O–H groups in total. The SMILES string of the molecule is CN1C(=O)[C@H](NC(=O)c2ncc(Cc3ccccc3)o2)Cc2cn(Cc3cnn(C)c3)c3cccc1c23. The summed E-state index contributed by atoms with van der Waals surface area (Å²) in [4.78, 5) is 32.2. The van der Waals surface area contributed by atoms with Crippen LogP contribution in [0.4, 0.5) is 5.69 Å². The van der Waals surface area contributed by atoms with Crippen molar-refractivity contribution < 1.29 is 14.0 Å². The van der Waals surface area contributed by atoms with Gasteiger partial charge in [-0.1, -0.05) is 36.4 Å². The summed E-state index contributed by atoms with van der Waals surface area (Å²) in [5.74, 6) is -0.167. The molecule has 9 heteroatoms. The van der Waals surface area contributed by atoms with Gasteiger partial charge < -0.3 is 19.2 Å². The molecule has 0 saturated heterocycles. The molecule has 6 rings (SSSR count). The van der Waals surface area contributed by atoms with E-state index in [2.05, 4.69) is 32.2 Å². The average molecular weight is 495 g/mol. The van der Waals surface area contributed by atoms with Gasteiger partial charge in [0, 0.05) is 50.3 Å². The summed E-state index contributed by atoms with van der Waals surface area (Å²) in [7, 11) is 3.64. The molecule has 1 aliphatic rings. The van der Waals surface area contributed by atoms with Crippen molar-refractivity contribution in [2.75, 3.05) is 11.9 Å². The fourth-order valence-electron chi connectivity index (χ4n) is 5.02. The van der Waals surface area contributed by atoms with Gasteiger partial charge in [0.25, 0.3) is 5.89 Å². The van der Waals surface area contributed by atoms with Crippen LogP contribution in [0.5, 0.6) is 0 Å². The van der Waals surface area contributed by atoms with Crippen molar-refractivity contribution >= 4 is 28.4 Å². The van der Waals surface area contributed by atoms with E-state index < -0.39 is 11.9 Å². The van der Waals surface area contributed by atoms with Crippen LogP contribution in [0.3, 0.4) is 0 Å². The highest BCUT2D eigenvalue weighted by molar-refractivity contribution is 6.09. The molecule has 37 heavy (non-hydrogen) atoms. The van der Waals surface area contributed by atoms with Crippen LogP contribution in [0, 0.1) is 0 Å². The summed E-state index contributed by atoms with van der Waals surface area (Å²) in [6, 6.07) is 15.0. The van der Waals surface area contributed by atoms with E-state index in [0.717, 1.165) is 33.3 Å². The van der Waals surface area contributed by atoms with Crippen molar-refractivity contribution in [3.63, 3.8) is 0 Å². The normalized spacial score (nSPS) is 15.2. The standard InChI is InChI=1S/C28H26N6O3/c1-32-15-19(13-30-32)16-34-17-20-12-22(28(36)33(2)23-9-6-10-24(34)25(20)23)31-26(35)27-29-14-21(37-27)11-18-7-4-3-5-8-18/h3-10,13-15,17,22H,11-12,16H2,1-2H3,(H,31,35)/t22-/m1/s1. The van der Waals surface area contributed by atoms with E-state index in [1.54, 1.807) is 22.8 Å². The third kappa shape index (κ3) is 4.29. The number of anilines is 1. The van der Waals surface area contributed by atoms with Gasteiger partial charge in [-0.15, -0.1) is 0 Å². The van der Waals surface area contributed by atoms with Crippen LogP contribution >= 0.6 is 0 Å². The smallest absolute Gasteiger partial charge is 0.307 e. The third-order valence-electron chi connectivity index (χ3n) is 6.76. The first-order valence-electron chi connectivity index (χ1n) is 12.1. The van der Waals surface area contributed by atoms with E-state index >= 15 is 0 Å². The minimum absolute atomic E-state index is 0.0533. The summed E-state index contributed by atoms with van der Waals surface area (Å²) in [5, 5.41) is 8.15. The Hall–Kier alpha value is -4.66. The van der Waals surface area contributed by atoms with E-state index in [1.807, 2.05) is 61.9 Å². The van der Waals surface area contributed by atoms with Gasteiger partial charge in [0.2, 0.25) is 5.91 Å². The lowest BCUT2D eigenvalue weighted by Crippen LogP contribution is -2.48. The Morgan fingerprint density at radius 1 is 1.05 bits per heavy atom. The van der Waals surface area contributed by atoms with Crippen molar-refractivity contribution in [3.05, 3.63) is 102 Å². The fraction of sp³-hybridized carbons (Fsp3) is 0.214. The molecule has 0 radical (unpaired) electrons. The Kier molecular flexibility index (Phi) is 5.60. The predicted octanol–water partition coefficient (Wildman–Crippen LogP) is 3.32. The van der Waals surface area contributed by atoms with Crippen LogP contribution in [0.2, 0.25) is 0 Å². The minimum atomic E-state index is -0.758. The van der Waals surface area contributed by atoms with Crippen LogP contribution in [0.1, 0.15) is 33.1 Å². The number of carbonyl (C=O) groups excluding carboxylic acids is 2.